The normalized spacial score (nSPS) is 10.6. The van der Waals surface area contributed by atoms with E-state index in [9.17, 15) is 4.79 Å². The largest absolute Gasteiger partial charge is 0.337 e. The van der Waals surface area contributed by atoms with Gasteiger partial charge in [0.25, 0.3) is 5.91 Å². The van der Waals surface area contributed by atoms with Crippen molar-refractivity contribution >= 4 is 5.91 Å². The number of hydrogen-bond acceptors (Lipinski definition) is 4. The summed E-state index contributed by atoms with van der Waals surface area (Å²) < 4.78 is 3.37. The van der Waals surface area contributed by atoms with Gasteiger partial charge >= 0.3 is 0 Å². The predicted molar refractivity (Wildman–Crippen MR) is 80.4 cm³/mol. The fourth-order valence-corrected chi connectivity index (χ4v) is 2.22. The van der Waals surface area contributed by atoms with Gasteiger partial charge < -0.3 is 4.90 Å². The molecule has 0 radical (unpaired) electrons. The van der Waals surface area contributed by atoms with E-state index < -0.39 is 0 Å². The van der Waals surface area contributed by atoms with Gasteiger partial charge in [0.15, 0.2) is 0 Å². The van der Waals surface area contributed by atoms with Crippen LogP contribution in [0.2, 0.25) is 0 Å². The summed E-state index contributed by atoms with van der Waals surface area (Å²) in [5, 5.41) is 8.16. The van der Waals surface area contributed by atoms with Gasteiger partial charge in [0.1, 0.15) is 12.7 Å². The lowest BCUT2D eigenvalue weighted by atomic mass is 10.2. The van der Waals surface area contributed by atoms with Gasteiger partial charge in [0.2, 0.25) is 0 Å². The molecule has 0 saturated heterocycles. The van der Waals surface area contributed by atoms with E-state index in [4.69, 9.17) is 0 Å². The summed E-state index contributed by atoms with van der Waals surface area (Å²) in [7, 11) is 3.63. The second kappa shape index (κ2) is 5.80. The van der Waals surface area contributed by atoms with Gasteiger partial charge in [0, 0.05) is 38.0 Å². The minimum absolute atomic E-state index is 0.0333. The molecule has 112 valence electrons. The standard InChI is InChI=1S/C15H16N6O/c1-19(8-12-7-17-20(2)9-12)15(22)13-3-5-14(6-4-13)21-11-16-10-18-21/h3-7,9-11H,8H2,1-2H3. The Morgan fingerprint density at radius 3 is 2.59 bits per heavy atom. The molecule has 1 aromatic carbocycles. The van der Waals surface area contributed by atoms with Crippen LogP contribution in [0.15, 0.2) is 49.3 Å². The van der Waals surface area contributed by atoms with Crippen molar-refractivity contribution in [2.24, 2.45) is 7.05 Å². The highest BCUT2D eigenvalue weighted by Gasteiger charge is 2.13. The maximum absolute atomic E-state index is 12.4. The van der Waals surface area contributed by atoms with Crippen LogP contribution in [0.5, 0.6) is 0 Å². The van der Waals surface area contributed by atoms with Gasteiger partial charge in [-0.15, -0.1) is 0 Å². The smallest absolute Gasteiger partial charge is 0.253 e. The molecule has 7 heteroatoms. The molecule has 0 aliphatic rings. The highest BCUT2D eigenvalue weighted by Crippen LogP contribution is 2.11. The summed E-state index contributed by atoms with van der Waals surface area (Å²) in [4.78, 5) is 18.0. The SMILES string of the molecule is CN(Cc1cnn(C)c1)C(=O)c1ccc(-n2cncn2)cc1. The maximum atomic E-state index is 12.4. The molecule has 1 amide bonds. The summed E-state index contributed by atoms with van der Waals surface area (Å²) >= 11 is 0. The number of amides is 1. The number of carbonyl (C=O) groups is 1. The van der Waals surface area contributed by atoms with E-state index in [1.807, 2.05) is 25.4 Å². The number of benzene rings is 1. The number of carbonyl (C=O) groups excluding carboxylic acids is 1. The van der Waals surface area contributed by atoms with E-state index in [2.05, 4.69) is 15.2 Å². The summed E-state index contributed by atoms with van der Waals surface area (Å²) in [6.07, 6.45) is 6.75. The monoisotopic (exact) mass is 296 g/mol. The molecule has 0 aliphatic heterocycles. The van der Waals surface area contributed by atoms with Gasteiger partial charge in [-0.2, -0.15) is 10.2 Å². The Balaban J connectivity index is 1.71. The van der Waals surface area contributed by atoms with Crippen molar-refractivity contribution in [3.63, 3.8) is 0 Å². The van der Waals surface area contributed by atoms with E-state index in [1.165, 1.54) is 6.33 Å². The highest BCUT2D eigenvalue weighted by atomic mass is 16.2. The van der Waals surface area contributed by atoms with Crippen molar-refractivity contribution in [3.8, 4) is 5.69 Å². The quantitative estimate of drug-likeness (QED) is 0.727. The zero-order valence-electron chi connectivity index (χ0n) is 12.4. The molecule has 2 heterocycles. The number of hydrogen-bond donors (Lipinski definition) is 0. The second-order valence-corrected chi connectivity index (χ2v) is 5.07. The molecule has 22 heavy (non-hydrogen) atoms. The first-order chi connectivity index (χ1) is 10.6. The first-order valence-corrected chi connectivity index (χ1v) is 6.81. The lowest BCUT2D eigenvalue weighted by Crippen LogP contribution is -2.26. The number of rotatable bonds is 4. The Labute approximate surface area is 127 Å². The van der Waals surface area contributed by atoms with E-state index in [0.29, 0.717) is 12.1 Å². The van der Waals surface area contributed by atoms with Gasteiger partial charge in [0.05, 0.1) is 11.9 Å². The molecule has 0 bridgehead atoms. The van der Waals surface area contributed by atoms with Crippen LogP contribution < -0.4 is 0 Å². The molecular weight excluding hydrogens is 280 g/mol. The minimum Gasteiger partial charge on any atom is -0.337 e. The highest BCUT2D eigenvalue weighted by molar-refractivity contribution is 5.94. The van der Waals surface area contributed by atoms with Crippen LogP contribution in [0.1, 0.15) is 15.9 Å². The van der Waals surface area contributed by atoms with Crippen molar-refractivity contribution in [3.05, 3.63) is 60.4 Å². The van der Waals surface area contributed by atoms with E-state index in [0.717, 1.165) is 11.3 Å². The molecule has 3 aromatic rings. The average molecular weight is 296 g/mol. The van der Waals surface area contributed by atoms with Crippen LogP contribution in [-0.2, 0) is 13.6 Å². The maximum Gasteiger partial charge on any atom is 0.253 e. The van der Waals surface area contributed by atoms with Crippen LogP contribution in [0, 0.1) is 0 Å². The zero-order valence-corrected chi connectivity index (χ0v) is 12.4. The van der Waals surface area contributed by atoms with Gasteiger partial charge in [-0.1, -0.05) is 0 Å². The minimum atomic E-state index is -0.0333. The summed E-state index contributed by atoms with van der Waals surface area (Å²) in [5.41, 5.74) is 2.50. The Morgan fingerprint density at radius 1 is 1.23 bits per heavy atom. The Kier molecular flexibility index (Phi) is 3.69. The van der Waals surface area contributed by atoms with Crippen molar-refractivity contribution in [2.75, 3.05) is 7.05 Å². The molecule has 0 unspecified atom stereocenters. The fourth-order valence-electron chi connectivity index (χ4n) is 2.22. The molecule has 7 nitrogen and oxygen atoms in total. The molecule has 0 spiro atoms. The van der Waals surface area contributed by atoms with Gasteiger partial charge in [-0.25, -0.2) is 9.67 Å². The summed E-state index contributed by atoms with van der Waals surface area (Å²) in [5.74, 6) is -0.0333. The van der Waals surface area contributed by atoms with E-state index in [1.54, 1.807) is 46.0 Å². The molecule has 0 aliphatic carbocycles. The Morgan fingerprint density at radius 2 is 2.00 bits per heavy atom. The molecule has 2 aromatic heterocycles. The lowest BCUT2D eigenvalue weighted by Gasteiger charge is -2.16. The first kappa shape index (κ1) is 14.0. The van der Waals surface area contributed by atoms with Crippen LogP contribution in [-0.4, -0.2) is 42.4 Å². The van der Waals surface area contributed by atoms with Crippen molar-refractivity contribution in [1.82, 2.24) is 29.4 Å². The average Bonchev–Trinajstić information content (AvgIpc) is 3.18. The van der Waals surface area contributed by atoms with Crippen molar-refractivity contribution in [2.45, 2.75) is 6.54 Å². The number of nitrogens with zero attached hydrogens (tertiary/aromatic N) is 6. The molecule has 0 fully saturated rings. The molecule has 3 rings (SSSR count). The Hall–Kier alpha value is -2.96. The first-order valence-electron chi connectivity index (χ1n) is 6.81. The molecular formula is C15H16N6O. The predicted octanol–water partition coefficient (Wildman–Crippen LogP) is 1.27. The fraction of sp³-hybridized carbons (Fsp3) is 0.200. The molecule has 0 N–H and O–H groups in total. The topological polar surface area (TPSA) is 68.8 Å². The zero-order chi connectivity index (χ0) is 15.5. The third-order valence-corrected chi connectivity index (χ3v) is 3.32. The van der Waals surface area contributed by atoms with Crippen molar-refractivity contribution < 1.29 is 4.79 Å². The third kappa shape index (κ3) is 2.88. The Bertz CT molecular complexity index is 760. The van der Waals surface area contributed by atoms with E-state index >= 15 is 0 Å². The van der Waals surface area contributed by atoms with Crippen molar-refractivity contribution in [1.29, 1.82) is 0 Å². The summed E-state index contributed by atoms with van der Waals surface area (Å²) in [6, 6.07) is 7.28. The molecule has 0 saturated carbocycles. The van der Waals surface area contributed by atoms with Crippen LogP contribution in [0.3, 0.4) is 0 Å². The number of aromatic nitrogens is 5. The van der Waals surface area contributed by atoms with Gasteiger partial charge in [-0.3, -0.25) is 9.48 Å². The second-order valence-electron chi connectivity index (χ2n) is 5.07. The third-order valence-electron chi connectivity index (χ3n) is 3.32. The van der Waals surface area contributed by atoms with Gasteiger partial charge in [-0.05, 0) is 24.3 Å². The van der Waals surface area contributed by atoms with Crippen LogP contribution >= 0.6 is 0 Å². The number of aryl methyl sites for hydroxylation is 1. The van der Waals surface area contributed by atoms with Crippen LogP contribution in [0.25, 0.3) is 5.69 Å². The summed E-state index contributed by atoms with van der Waals surface area (Å²) in [6.45, 7) is 0.525. The lowest BCUT2D eigenvalue weighted by molar-refractivity contribution is 0.0785. The van der Waals surface area contributed by atoms with Crippen LogP contribution in [0.4, 0.5) is 0 Å². The van der Waals surface area contributed by atoms with E-state index in [-0.39, 0.29) is 5.91 Å². The molecule has 0 atom stereocenters.